The maximum atomic E-state index is 9.07. The normalized spacial score (nSPS) is 22.0. The van der Waals surface area contributed by atoms with Gasteiger partial charge in [0.15, 0.2) is 0 Å². The predicted molar refractivity (Wildman–Crippen MR) is 82.2 cm³/mol. The number of benzene rings is 1. The van der Waals surface area contributed by atoms with Crippen LogP contribution in [0.1, 0.15) is 57.0 Å². The van der Waals surface area contributed by atoms with Crippen molar-refractivity contribution in [2.75, 3.05) is 6.61 Å². The van der Waals surface area contributed by atoms with Crippen LogP contribution < -0.4 is 0 Å². The molecular formula is C17H21N3O. The molecule has 1 aromatic carbocycles. The third-order valence-corrected chi connectivity index (χ3v) is 4.31. The SMILES string of the molecule is CCC1OCCC1c1nc2cc(C#N)ccc2n1C(C)C. The highest BCUT2D eigenvalue weighted by atomic mass is 16.5. The smallest absolute Gasteiger partial charge is 0.115 e. The molecule has 2 heterocycles. The van der Waals surface area contributed by atoms with Gasteiger partial charge in [-0.2, -0.15) is 5.26 Å². The van der Waals surface area contributed by atoms with E-state index in [1.165, 1.54) is 0 Å². The van der Waals surface area contributed by atoms with Gasteiger partial charge in [0.2, 0.25) is 0 Å². The standard InChI is InChI=1S/C17H21N3O/c1-4-16-13(7-8-21-16)17-19-14-9-12(10-18)5-6-15(14)20(17)11(2)3/h5-6,9,11,13,16H,4,7-8H2,1-3H3. The minimum atomic E-state index is 0.259. The van der Waals surface area contributed by atoms with Gasteiger partial charge in [-0.15, -0.1) is 0 Å². The number of aromatic nitrogens is 2. The van der Waals surface area contributed by atoms with Crippen molar-refractivity contribution in [3.63, 3.8) is 0 Å². The average molecular weight is 283 g/mol. The van der Waals surface area contributed by atoms with Crippen molar-refractivity contribution >= 4 is 11.0 Å². The molecule has 1 aromatic heterocycles. The van der Waals surface area contributed by atoms with E-state index < -0.39 is 0 Å². The van der Waals surface area contributed by atoms with Gasteiger partial charge in [0.1, 0.15) is 5.82 Å². The largest absolute Gasteiger partial charge is 0.377 e. The van der Waals surface area contributed by atoms with Crippen molar-refractivity contribution in [1.82, 2.24) is 9.55 Å². The van der Waals surface area contributed by atoms with Gasteiger partial charge in [0.25, 0.3) is 0 Å². The molecule has 1 saturated heterocycles. The quantitative estimate of drug-likeness (QED) is 0.861. The molecule has 0 N–H and O–H groups in total. The molecule has 0 bridgehead atoms. The van der Waals surface area contributed by atoms with Crippen LogP contribution in [0.25, 0.3) is 11.0 Å². The molecule has 1 aliphatic rings. The van der Waals surface area contributed by atoms with Crippen LogP contribution in [-0.2, 0) is 4.74 Å². The van der Waals surface area contributed by atoms with Gasteiger partial charge in [-0.1, -0.05) is 6.92 Å². The van der Waals surface area contributed by atoms with E-state index in [2.05, 4.69) is 31.4 Å². The number of fused-ring (bicyclic) bond motifs is 1. The molecule has 4 heteroatoms. The Morgan fingerprint density at radius 2 is 2.29 bits per heavy atom. The lowest BCUT2D eigenvalue weighted by molar-refractivity contribution is 0.0988. The maximum Gasteiger partial charge on any atom is 0.115 e. The van der Waals surface area contributed by atoms with Crippen molar-refractivity contribution in [2.24, 2.45) is 0 Å². The van der Waals surface area contributed by atoms with Gasteiger partial charge < -0.3 is 9.30 Å². The molecule has 0 radical (unpaired) electrons. The summed E-state index contributed by atoms with van der Waals surface area (Å²) < 4.78 is 8.14. The fourth-order valence-corrected chi connectivity index (χ4v) is 3.34. The Hall–Kier alpha value is -1.86. The van der Waals surface area contributed by atoms with E-state index in [1.54, 1.807) is 0 Å². The Morgan fingerprint density at radius 3 is 2.95 bits per heavy atom. The summed E-state index contributed by atoms with van der Waals surface area (Å²) in [6.07, 6.45) is 2.30. The van der Waals surface area contributed by atoms with Gasteiger partial charge in [-0.3, -0.25) is 0 Å². The van der Waals surface area contributed by atoms with Crippen molar-refractivity contribution < 1.29 is 4.74 Å². The second kappa shape index (κ2) is 5.50. The minimum Gasteiger partial charge on any atom is -0.377 e. The second-order valence-corrected chi connectivity index (χ2v) is 5.96. The van der Waals surface area contributed by atoms with Crippen LogP contribution in [0.3, 0.4) is 0 Å². The maximum absolute atomic E-state index is 9.07. The third kappa shape index (κ3) is 2.32. The number of hydrogen-bond donors (Lipinski definition) is 0. The summed E-state index contributed by atoms with van der Waals surface area (Å²) >= 11 is 0. The number of nitriles is 1. The molecule has 110 valence electrons. The summed E-state index contributed by atoms with van der Waals surface area (Å²) in [6, 6.07) is 8.30. The molecule has 0 spiro atoms. The van der Waals surface area contributed by atoms with Gasteiger partial charge in [0, 0.05) is 18.6 Å². The van der Waals surface area contributed by atoms with E-state index in [9.17, 15) is 0 Å². The molecule has 2 atom stereocenters. The number of ether oxygens (including phenoxy) is 1. The molecule has 0 saturated carbocycles. The highest BCUT2D eigenvalue weighted by Crippen LogP contribution is 2.36. The predicted octanol–water partition coefficient (Wildman–Crippen LogP) is 3.77. The van der Waals surface area contributed by atoms with Crippen LogP contribution in [0.5, 0.6) is 0 Å². The zero-order valence-electron chi connectivity index (χ0n) is 12.8. The third-order valence-electron chi connectivity index (χ3n) is 4.31. The van der Waals surface area contributed by atoms with E-state index in [-0.39, 0.29) is 6.10 Å². The van der Waals surface area contributed by atoms with Crippen molar-refractivity contribution in [3.8, 4) is 6.07 Å². The highest BCUT2D eigenvalue weighted by Gasteiger charge is 2.32. The van der Waals surface area contributed by atoms with Crippen molar-refractivity contribution in [2.45, 2.75) is 51.7 Å². The Morgan fingerprint density at radius 1 is 1.48 bits per heavy atom. The van der Waals surface area contributed by atoms with E-state index in [0.29, 0.717) is 17.5 Å². The van der Waals surface area contributed by atoms with Crippen LogP contribution in [-0.4, -0.2) is 22.3 Å². The summed E-state index contributed by atoms with van der Waals surface area (Å²) in [5, 5.41) is 9.07. The zero-order chi connectivity index (χ0) is 15.0. The second-order valence-electron chi connectivity index (χ2n) is 5.96. The van der Waals surface area contributed by atoms with Crippen molar-refractivity contribution in [1.29, 1.82) is 5.26 Å². The monoisotopic (exact) mass is 283 g/mol. The van der Waals surface area contributed by atoms with Crippen LogP contribution in [0.4, 0.5) is 0 Å². The van der Waals surface area contributed by atoms with Crippen molar-refractivity contribution in [3.05, 3.63) is 29.6 Å². The van der Waals surface area contributed by atoms with Crippen LogP contribution in [0.15, 0.2) is 18.2 Å². The Kier molecular flexibility index (Phi) is 3.69. The Balaban J connectivity index is 2.17. The molecule has 0 amide bonds. The van der Waals surface area contributed by atoms with E-state index >= 15 is 0 Å². The van der Waals surface area contributed by atoms with Gasteiger partial charge in [-0.25, -0.2) is 4.98 Å². The lowest BCUT2D eigenvalue weighted by Gasteiger charge is -2.20. The fourth-order valence-electron chi connectivity index (χ4n) is 3.34. The first kappa shape index (κ1) is 14.1. The first-order chi connectivity index (χ1) is 10.2. The number of rotatable bonds is 3. The van der Waals surface area contributed by atoms with E-state index in [0.717, 1.165) is 36.3 Å². The topological polar surface area (TPSA) is 50.8 Å². The first-order valence-corrected chi connectivity index (χ1v) is 7.69. The van der Waals surface area contributed by atoms with Crippen LogP contribution in [0.2, 0.25) is 0 Å². The summed E-state index contributed by atoms with van der Waals surface area (Å²) in [4.78, 5) is 4.85. The summed E-state index contributed by atoms with van der Waals surface area (Å²) in [6.45, 7) is 7.34. The molecule has 3 rings (SSSR count). The molecule has 2 aromatic rings. The summed E-state index contributed by atoms with van der Waals surface area (Å²) in [5.41, 5.74) is 2.69. The van der Waals surface area contributed by atoms with E-state index in [1.807, 2.05) is 18.2 Å². The lowest BCUT2D eigenvalue weighted by atomic mass is 9.98. The number of hydrogen-bond acceptors (Lipinski definition) is 3. The zero-order valence-corrected chi connectivity index (χ0v) is 12.8. The number of nitrogens with zero attached hydrogens (tertiary/aromatic N) is 3. The molecule has 2 unspecified atom stereocenters. The fraction of sp³-hybridized carbons (Fsp3) is 0.529. The molecule has 21 heavy (non-hydrogen) atoms. The Bertz CT molecular complexity index is 696. The lowest BCUT2D eigenvalue weighted by Crippen LogP contribution is -2.18. The summed E-state index contributed by atoms with van der Waals surface area (Å²) in [5.74, 6) is 1.47. The van der Waals surface area contributed by atoms with Crippen LogP contribution >= 0.6 is 0 Å². The van der Waals surface area contributed by atoms with Gasteiger partial charge in [0.05, 0.1) is 28.8 Å². The minimum absolute atomic E-state index is 0.259. The first-order valence-electron chi connectivity index (χ1n) is 7.69. The van der Waals surface area contributed by atoms with E-state index in [4.69, 9.17) is 15.0 Å². The molecule has 1 aliphatic heterocycles. The van der Waals surface area contributed by atoms with Gasteiger partial charge in [-0.05, 0) is 44.9 Å². The molecule has 0 aliphatic carbocycles. The number of imidazole rings is 1. The molecular weight excluding hydrogens is 262 g/mol. The highest BCUT2D eigenvalue weighted by molar-refractivity contribution is 5.78. The molecule has 4 nitrogen and oxygen atoms in total. The summed E-state index contributed by atoms with van der Waals surface area (Å²) in [7, 11) is 0. The average Bonchev–Trinajstić information content (AvgIpc) is 3.09. The molecule has 1 fully saturated rings. The van der Waals surface area contributed by atoms with Crippen LogP contribution in [0, 0.1) is 11.3 Å². The van der Waals surface area contributed by atoms with Gasteiger partial charge >= 0.3 is 0 Å². The Labute approximate surface area is 125 Å².